The van der Waals surface area contributed by atoms with Gasteiger partial charge in [-0.15, -0.1) is 0 Å². The van der Waals surface area contributed by atoms with Gasteiger partial charge in [0.15, 0.2) is 0 Å². The van der Waals surface area contributed by atoms with Gasteiger partial charge in [0.25, 0.3) is 5.69 Å². The number of hydrogen-bond donors (Lipinski definition) is 3. The quantitative estimate of drug-likeness (QED) is 0.325. The fourth-order valence-electron chi connectivity index (χ4n) is 2.55. The van der Waals surface area contributed by atoms with E-state index in [4.69, 9.17) is 0 Å². The summed E-state index contributed by atoms with van der Waals surface area (Å²) in [4.78, 5) is 22.0. The van der Waals surface area contributed by atoms with Crippen molar-refractivity contribution < 1.29 is 15.5 Å². The van der Waals surface area contributed by atoms with Gasteiger partial charge in [-0.05, 0) is 43.7 Å². The summed E-state index contributed by atoms with van der Waals surface area (Å²) in [5.74, 6) is 0.179. The van der Waals surface area contributed by atoms with Crippen LogP contribution >= 0.6 is 0 Å². The zero-order valence-corrected chi connectivity index (χ0v) is 14.6. The largest absolute Gasteiger partial charge is 0.379 e. The molecule has 0 radical (unpaired) electrons. The number of quaternary nitrogens is 1. The maximum atomic E-state index is 11.2. The molecule has 0 bridgehead atoms. The lowest BCUT2D eigenvalue weighted by molar-refractivity contribution is -0.384. The van der Waals surface area contributed by atoms with Crippen molar-refractivity contribution in [2.75, 3.05) is 25.0 Å². The molecule has 1 amide bonds. The Morgan fingerprint density at radius 3 is 2.67 bits per heavy atom. The first kappa shape index (κ1) is 19.9. The fourth-order valence-corrected chi connectivity index (χ4v) is 2.55. The van der Waals surface area contributed by atoms with E-state index in [1.807, 2.05) is 13.0 Å². The van der Waals surface area contributed by atoms with Gasteiger partial charge < -0.3 is 16.4 Å². The summed E-state index contributed by atoms with van der Waals surface area (Å²) < 4.78 is 0. The minimum absolute atomic E-state index is 0.0564. The van der Waals surface area contributed by atoms with Crippen molar-refractivity contribution in [1.82, 2.24) is 5.32 Å². The summed E-state index contributed by atoms with van der Waals surface area (Å²) in [6, 6.07) is 5.16. The second kappa shape index (κ2) is 10.6. The van der Waals surface area contributed by atoms with Gasteiger partial charge in [-0.25, -0.2) is 0 Å². The lowest BCUT2D eigenvalue weighted by Gasteiger charge is -2.18. The normalized spacial score (nSPS) is 11.8. The number of nitrogens with one attached hydrogen (secondary N) is 2. The third kappa shape index (κ3) is 7.41. The second-order valence-corrected chi connectivity index (χ2v) is 6.16. The van der Waals surface area contributed by atoms with E-state index >= 15 is 0 Å². The van der Waals surface area contributed by atoms with Crippen LogP contribution in [0.3, 0.4) is 0 Å². The molecule has 0 heterocycles. The van der Waals surface area contributed by atoms with Gasteiger partial charge in [0.2, 0.25) is 5.91 Å². The van der Waals surface area contributed by atoms with Crippen LogP contribution in [-0.4, -0.2) is 30.5 Å². The number of amides is 1. The number of anilines is 1. The molecule has 0 aromatic heterocycles. The van der Waals surface area contributed by atoms with Crippen molar-refractivity contribution in [3.05, 3.63) is 33.9 Å². The minimum Gasteiger partial charge on any atom is -0.379 e. The molecule has 7 heteroatoms. The third-order valence-electron chi connectivity index (χ3n) is 3.93. The monoisotopic (exact) mass is 337 g/mol. The van der Waals surface area contributed by atoms with E-state index in [1.165, 1.54) is 6.92 Å². The Bertz CT molecular complexity index is 549. The van der Waals surface area contributed by atoms with Crippen LogP contribution in [0.2, 0.25) is 0 Å². The van der Waals surface area contributed by atoms with Crippen molar-refractivity contribution in [1.29, 1.82) is 0 Å². The summed E-state index contributed by atoms with van der Waals surface area (Å²) in [6.45, 7) is 5.43. The number of benzene rings is 1. The molecule has 0 fully saturated rings. The fraction of sp³-hybridized carbons (Fsp3) is 0.588. The number of nitro groups is 1. The van der Waals surface area contributed by atoms with Crippen LogP contribution in [0.15, 0.2) is 18.2 Å². The van der Waals surface area contributed by atoms with E-state index in [9.17, 15) is 14.9 Å². The van der Waals surface area contributed by atoms with E-state index in [-0.39, 0.29) is 22.4 Å². The molecule has 0 saturated carbocycles. The van der Waals surface area contributed by atoms with Crippen LogP contribution in [-0.2, 0) is 4.79 Å². The topological polar surface area (TPSA) is 112 Å². The highest BCUT2D eigenvalue weighted by atomic mass is 16.6. The summed E-state index contributed by atoms with van der Waals surface area (Å²) in [5, 5.41) is 17.2. The molecule has 134 valence electrons. The standard InChI is InChI=1S/C17H28N4O3/c1-13-7-8-16(17(10-13)21(23)24)20-12-15(11-19-14(2)22)6-4-3-5-9-18/h7-8,10,15,20H,3-6,9,11-12,18H2,1-2H3,(H,19,22)/p+1. The van der Waals surface area contributed by atoms with E-state index in [0.29, 0.717) is 18.8 Å². The maximum absolute atomic E-state index is 11.2. The molecule has 0 spiro atoms. The number of unbranched alkanes of at least 4 members (excludes halogenated alkanes) is 2. The van der Waals surface area contributed by atoms with E-state index < -0.39 is 0 Å². The molecule has 0 aliphatic heterocycles. The molecule has 0 aliphatic rings. The van der Waals surface area contributed by atoms with Crippen LogP contribution in [0, 0.1) is 23.0 Å². The van der Waals surface area contributed by atoms with Gasteiger partial charge in [-0.1, -0.05) is 12.5 Å². The van der Waals surface area contributed by atoms with Crippen molar-refractivity contribution in [3.63, 3.8) is 0 Å². The molecule has 0 aliphatic carbocycles. The number of nitrogens with zero attached hydrogens (tertiary/aromatic N) is 1. The molecule has 1 aromatic rings. The molecule has 1 unspecified atom stereocenters. The van der Waals surface area contributed by atoms with Crippen LogP contribution in [0.1, 0.15) is 38.2 Å². The third-order valence-corrected chi connectivity index (χ3v) is 3.93. The zero-order chi connectivity index (χ0) is 17.9. The zero-order valence-electron chi connectivity index (χ0n) is 14.6. The number of rotatable bonds is 11. The summed E-state index contributed by atoms with van der Waals surface area (Å²) in [5.41, 5.74) is 5.31. The second-order valence-electron chi connectivity index (χ2n) is 6.16. The predicted molar refractivity (Wildman–Crippen MR) is 94.7 cm³/mol. The molecule has 7 nitrogen and oxygen atoms in total. The average molecular weight is 337 g/mol. The van der Waals surface area contributed by atoms with Crippen molar-refractivity contribution in [2.24, 2.45) is 5.92 Å². The highest BCUT2D eigenvalue weighted by Crippen LogP contribution is 2.25. The Kier molecular flexibility index (Phi) is 8.78. The van der Waals surface area contributed by atoms with E-state index in [2.05, 4.69) is 16.4 Å². The molecule has 24 heavy (non-hydrogen) atoms. The van der Waals surface area contributed by atoms with Crippen LogP contribution in [0.25, 0.3) is 0 Å². The van der Waals surface area contributed by atoms with Crippen molar-refractivity contribution in [2.45, 2.75) is 39.5 Å². The molecule has 5 N–H and O–H groups in total. The predicted octanol–water partition coefficient (Wildman–Crippen LogP) is 1.87. The first-order valence-electron chi connectivity index (χ1n) is 8.46. The van der Waals surface area contributed by atoms with Crippen LogP contribution in [0.4, 0.5) is 11.4 Å². The molecule has 1 rings (SSSR count). The van der Waals surface area contributed by atoms with E-state index in [0.717, 1.165) is 37.8 Å². The first-order chi connectivity index (χ1) is 11.4. The molecular weight excluding hydrogens is 308 g/mol. The minimum atomic E-state index is -0.369. The van der Waals surface area contributed by atoms with Gasteiger partial charge in [-0.2, -0.15) is 0 Å². The SMILES string of the molecule is CC(=O)NCC(CCCCC[NH3+])CNc1ccc(C)cc1[N+](=O)[O-]. The van der Waals surface area contributed by atoms with Crippen LogP contribution < -0.4 is 16.4 Å². The summed E-state index contributed by atoms with van der Waals surface area (Å²) in [7, 11) is 0. The Hall–Kier alpha value is -2.15. The lowest BCUT2D eigenvalue weighted by atomic mass is 10.0. The maximum Gasteiger partial charge on any atom is 0.292 e. The molecular formula is C17H29N4O3+. The molecule has 1 atom stereocenters. The number of hydrogen-bond acceptors (Lipinski definition) is 4. The highest BCUT2D eigenvalue weighted by molar-refractivity contribution is 5.72. The average Bonchev–Trinajstić information content (AvgIpc) is 2.53. The highest BCUT2D eigenvalue weighted by Gasteiger charge is 2.16. The lowest BCUT2D eigenvalue weighted by Crippen LogP contribution is -2.50. The Morgan fingerprint density at radius 2 is 2.04 bits per heavy atom. The first-order valence-corrected chi connectivity index (χ1v) is 8.46. The number of carbonyl (C=O) groups is 1. The van der Waals surface area contributed by atoms with Gasteiger partial charge in [-0.3, -0.25) is 14.9 Å². The summed E-state index contributed by atoms with van der Waals surface area (Å²) >= 11 is 0. The number of nitro benzene ring substituents is 1. The smallest absolute Gasteiger partial charge is 0.292 e. The van der Waals surface area contributed by atoms with Gasteiger partial charge in [0, 0.05) is 26.1 Å². The molecule has 0 saturated heterocycles. The number of carbonyl (C=O) groups excluding carboxylic acids is 1. The van der Waals surface area contributed by atoms with Gasteiger partial charge >= 0.3 is 0 Å². The van der Waals surface area contributed by atoms with E-state index in [1.54, 1.807) is 12.1 Å². The van der Waals surface area contributed by atoms with Crippen molar-refractivity contribution >= 4 is 17.3 Å². The number of aryl methyl sites for hydroxylation is 1. The Morgan fingerprint density at radius 1 is 1.29 bits per heavy atom. The molecule has 1 aromatic carbocycles. The Balaban J connectivity index is 2.65. The van der Waals surface area contributed by atoms with Gasteiger partial charge in [0.1, 0.15) is 5.69 Å². The van der Waals surface area contributed by atoms with Crippen LogP contribution in [0.5, 0.6) is 0 Å². The Labute approximate surface area is 143 Å². The van der Waals surface area contributed by atoms with Gasteiger partial charge in [0.05, 0.1) is 11.5 Å². The summed E-state index contributed by atoms with van der Waals surface area (Å²) in [6.07, 6.45) is 4.25. The van der Waals surface area contributed by atoms with Crippen molar-refractivity contribution in [3.8, 4) is 0 Å².